The minimum absolute atomic E-state index is 0.345. The lowest BCUT2D eigenvalue weighted by Crippen LogP contribution is -1.98. The van der Waals surface area contributed by atoms with Crippen LogP contribution in [0.1, 0.15) is 18.1 Å². The molecule has 0 N–H and O–H groups in total. The van der Waals surface area contributed by atoms with E-state index in [0.717, 1.165) is 22.0 Å². The predicted octanol–water partition coefficient (Wildman–Crippen LogP) is 3.13. The summed E-state index contributed by atoms with van der Waals surface area (Å²) in [5.41, 5.74) is 2.86. The van der Waals surface area contributed by atoms with Gasteiger partial charge < -0.3 is 9.47 Å². The van der Waals surface area contributed by atoms with Crippen molar-refractivity contribution in [3.8, 4) is 5.88 Å². The quantitative estimate of drug-likeness (QED) is 0.633. The topological polar surface area (TPSA) is 48.4 Å². The Morgan fingerprint density at radius 1 is 1.30 bits per heavy atom. The highest BCUT2D eigenvalue weighted by Gasteiger charge is 2.05. The summed E-state index contributed by atoms with van der Waals surface area (Å²) < 4.78 is 10.0. The first-order chi connectivity index (χ1) is 9.65. The number of hydrogen-bond donors (Lipinski definition) is 0. The molecule has 1 aromatic carbocycles. The highest BCUT2D eigenvalue weighted by atomic mass is 16.5. The Morgan fingerprint density at radius 2 is 2.10 bits per heavy atom. The van der Waals surface area contributed by atoms with Crippen molar-refractivity contribution in [2.75, 3.05) is 13.7 Å². The number of hydrogen-bond acceptors (Lipinski definition) is 4. The first-order valence-corrected chi connectivity index (χ1v) is 6.45. The summed E-state index contributed by atoms with van der Waals surface area (Å²) in [6.45, 7) is 4.15. The van der Waals surface area contributed by atoms with Gasteiger partial charge in [0.25, 0.3) is 0 Å². The molecule has 2 aromatic rings. The normalized spacial score (nSPS) is 10.9. The van der Waals surface area contributed by atoms with Crippen molar-refractivity contribution in [3.63, 3.8) is 0 Å². The second-order valence-corrected chi connectivity index (χ2v) is 4.31. The maximum Gasteiger partial charge on any atom is 0.330 e. The van der Waals surface area contributed by atoms with Crippen LogP contribution >= 0.6 is 0 Å². The third kappa shape index (κ3) is 2.96. The standard InChI is InChI=1S/C16H17NO3/c1-4-20-15(18)10-7-12-6-5-11(2)16-13(12)8-9-14(17-16)19-3/h5-10H,4H2,1-3H3/b10-7+. The van der Waals surface area contributed by atoms with Crippen LogP contribution in [0.5, 0.6) is 5.88 Å². The van der Waals surface area contributed by atoms with Crippen molar-refractivity contribution in [3.05, 3.63) is 41.5 Å². The van der Waals surface area contributed by atoms with Gasteiger partial charge in [-0.15, -0.1) is 0 Å². The van der Waals surface area contributed by atoms with Gasteiger partial charge in [0.05, 0.1) is 19.2 Å². The van der Waals surface area contributed by atoms with Crippen LogP contribution in [0.4, 0.5) is 0 Å². The predicted molar refractivity (Wildman–Crippen MR) is 78.7 cm³/mol. The van der Waals surface area contributed by atoms with Crippen LogP contribution in [-0.4, -0.2) is 24.7 Å². The highest BCUT2D eigenvalue weighted by molar-refractivity contribution is 5.94. The van der Waals surface area contributed by atoms with Gasteiger partial charge in [-0.2, -0.15) is 0 Å². The van der Waals surface area contributed by atoms with E-state index in [-0.39, 0.29) is 5.97 Å². The summed E-state index contributed by atoms with van der Waals surface area (Å²) in [7, 11) is 1.59. The summed E-state index contributed by atoms with van der Waals surface area (Å²) in [4.78, 5) is 15.8. The third-order valence-corrected chi connectivity index (χ3v) is 2.96. The molecule has 20 heavy (non-hydrogen) atoms. The van der Waals surface area contributed by atoms with Crippen LogP contribution < -0.4 is 4.74 Å². The molecule has 0 spiro atoms. The fraction of sp³-hybridized carbons (Fsp3) is 0.250. The fourth-order valence-electron chi connectivity index (χ4n) is 1.97. The molecule has 2 rings (SSSR count). The molecular formula is C16H17NO3. The summed E-state index contributed by atoms with van der Waals surface area (Å²) in [5.74, 6) is 0.231. The molecule has 0 aliphatic rings. The number of carbonyl (C=O) groups is 1. The van der Waals surface area contributed by atoms with E-state index in [4.69, 9.17) is 9.47 Å². The zero-order valence-electron chi connectivity index (χ0n) is 11.8. The number of nitrogens with zero attached hydrogens (tertiary/aromatic N) is 1. The number of pyridine rings is 1. The van der Waals surface area contributed by atoms with Gasteiger partial charge >= 0.3 is 5.97 Å². The molecule has 0 bridgehead atoms. The lowest BCUT2D eigenvalue weighted by Gasteiger charge is -2.07. The Bertz CT molecular complexity index is 662. The minimum atomic E-state index is -0.345. The number of methoxy groups -OCH3 is 1. The van der Waals surface area contributed by atoms with Crippen LogP contribution in [0.15, 0.2) is 30.3 Å². The van der Waals surface area contributed by atoms with E-state index >= 15 is 0 Å². The Kier molecular flexibility index (Phi) is 4.35. The van der Waals surface area contributed by atoms with Gasteiger partial charge in [0.2, 0.25) is 5.88 Å². The molecule has 104 valence electrons. The van der Waals surface area contributed by atoms with Gasteiger partial charge in [-0.1, -0.05) is 12.1 Å². The van der Waals surface area contributed by atoms with Gasteiger partial charge in [-0.3, -0.25) is 0 Å². The van der Waals surface area contributed by atoms with Crippen molar-refractivity contribution >= 4 is 22.9 Å². The second kappa shape index (κ2) is 6.19. The van der Waals surface area contributed by atoms with Crippen LogP contribution in [-0.2, 0) is 9.53 Å². The summed E-state index contributed by atoms with van der Waals surface area (Å²) >= 11 is 0. The van der Waals surface area contributed by atoms with Crippen LogP contribution in [0.25, 0.3) is 17.0 Å². The number of aryl methyl sites for hydroxylation is 1. The van der Waals surface area contributed by atoms with Crippen molar-refractivity contribution in [2.24, 2.45) is 0 Å². The molecule has 1 aromatic heterocycles. The first kappa shape index (κ1) is 14.1. The molecule has 0 saturated carbocycles. The number of rotatable bonds is 4. The fourth-order valence-corrected chi connectivity index (χ4v) is 1.97. The van der Waals surface area contributed by atoms with Crippen molar-refractivity contribution in [1.82, 2.24) is 4.98 Å². The monoisotopic (exact) mass is 271 g/mol. The maximum atomic E-state index is 11.4. The second-order valence-electron chi connectivity index (χ2n) is 4.31. The largest absolute Gasteiger partial charge is 0.481 e. The number of ether oxygens (including phenoxy) is 2. The van der Waals surface area contributed by atoms with Crippen molar-refractivity contribution in [1.29, 1.82) is 0 Å². The Morgan fingerprint density at radius 3 is 2.80 bits per heavy atom. The molecule has 4 heteroatoms. The molecule has 0 saturated heterocycles. The Balaban J connectivity index is 2.45. The molecular weight excluding hydrogens is 254 g/mol. The molecule has 0 fully saturated rings. The Hall–Kier alpha value is -2.36. The molecule has 1 heterocycles. The van der Waals surface area contributed by atoms with Crippen LogP contribution in [0.2, 0.25) is 0 Å². The van der Waals surface area contributed by atoms with Crippen molar-refractivity contribution in [2.45, 2.75) is 13.8 Å². The van der Waals surface area contributed by atoms with Crippen LogP contribution in [0.3, 0.4) is 0 Å². The van der Waals surface area contributed by atoms with Crippen molar-refractivity contribution < 1.29 is 14.3 Å². The minimum Gasteiger partial charge on any atom is -0.481 e. The van der Waals surface area contributed by atoms with Gasteiger partial charge in [-0.05, 0) is 37.1 Å². The first-order valence-electron chi connectivity index (χ1n) is 6.45. The third-order valence-electron chi connectivity index (χ3n) is 2.96. The van der Waals surface area contributed by atoms with E-state index in [9.17, 15) is 4.79 Å². The van der Waals surface area contributed by atoms with E-state index in [1.54, 1.807) is 20.1 Å². The number of fused-ring (bicyclic) bond motifs is 1. The average Bonchev–Trinajstić information content (AvgIpc) is 2.46. The van der Waals surface area contributed by atoms with E-state index in [1.165, 1.54) is 6.08 Å². The smallest absolute Gasteiger partial charge is 0.330 e. The molecule has 0 radical (unpaired) electrons. The molecule has 0 aliphatic heterocycles. The van der Waals surface area contributed by atoms with Gasteiger partial charge in [0.15, 0.2) is 0 Å². The molecule has 0 atom stereocenters. The van der Waals surface area contributed by atoms with E-state index in [0.29, 0.717) is 12.5 Å². The van der Waals surface area contributed by atoms with E-state index in [2.05, 4.69) is 4.98 Å². The maximum absolute atomic E-state index is 11.4. The number of aromatic nitrogens is 1. The Labute approximate surface area is 118 Å². The lowest BCUT2D eigenvalue weighted by molar-refractivity contribution is -0.137. The molecule has 0 unspecified atom stereocenters. The van der Waals surface area contributed by atoms with E-state index in [1.807, 2.05) is 31.2 Å². The average molecular weight is 271 g/mol. The summed E-state index contributed by atoms with van der Waals surface area (Å²) in [6.07, 6.45) is 3.17. The number of esters is 1. The number of benzene rings is 1. The zero-order chi connectivity index (χ0) is 14.5. The van der Waals surface area contributed by atoms with Gasteiger partial charge in [0, 0.05) is 17.5 Å². The summed E-state index contributed by atoms with van der Waals surface area (Å²) in [6, 6.07) is 7.68. The SMILES string of the molecule is CCOC(=O)/C=C/c1ccc(C)c2nc(OC)ccc12. The molecule has 0 amide bonds. The summed E-state index contributed by atoms with van der Waals surface area (Å²) in [5, 5.41) is 0.978. The number of carbonyl (C=O) groups excluding carboxylic acids is 1. The van der Waals surface area contributed by atoms with Gasteiger partial charge in [-0.25, -0.2) is 9.78 Å². The molecule has 4 nitrogen and oxygen atoms in total. The highest BCUT2D eigenvalue weighted by Crippen LogP contribution is 2.24. The van der Waals surface area contributed by atoms with Crippen LogP contribution in [0, 0.1) is 6.92 Å². The molecule has 0 aliphatic carbocycles. The van der Waals surface area contributed by atoms with Gasteiger partial charge in [0.1, 0.15) is 0 Å². The zero-order valence-corrected chi connectivity index (χ0v) is 11.8. The lowest BCUT2D eigenvalue weighted by atomic mass is 10.0. The van der Waals surface area contributed by atoms with E-state index < -0.39 is 0 Å².